The van der Waals surface area contributed by atoms with Crippen LogP contribution in [0.3, 0.4) is 0 Å². The van der Waals surface area contributed by atoms with E-state index >= 15 is 0 Å². The fraction of sp³-hybridized carbons (Fsp3) is 0.400. The summed E-state index contributed by atoms with van der Waals surface area (Å²) in [6.07, 6.45) is 0.694. The molecule has 0 saturated heterocycles. The van der Waals surface area contributed by atoms with E-state index in [1.54, 1.807) is 7.11 Å². The monoisotopic (exact) mass is 229 g/mol. The predicted molar refractivity (Wildman–Crippen MR) is 56.9 cm³/mol. The van der Waals surface area contributed by atoms with Crippen LogP contribution in [0.2, 0.25) is 5.02 Å². The fourth-order valence-electron chi connectivity index (χ4n) is 1.60. The van der Waals surface area contributed by atoms with Gasteiger partial charge in [-0.3, -0.25) is 0 Å². The molecule has 0 atom stereocenters. The molecular weight excluding hydrogens is 218 g/mol. The molecule has 4 nitrogen and oxygen atoms in total. The number of hydrogen-bond acceptors (Lipinski definition) is 4. The maximum atomic E-state index is 6.12. The molecule has 0 fully saturated rings. The number of halogens is 1. The van der Waals surface area contributed by atoms with Gasteiger partial charge < -0.3 is 19.9 Å². The number of ether oxygens (including phenoxy) is 3. The van der Waals surface area contributed by atoms with E-state index in [9.17, 15) is 0 Å². The summed E-state index contributed by atoms with van der Waals surface area (Å²) >= 11 is 6.12. The first kappa shape index (κ1) is 10.4. The molecule has 1 heterocycles. The Bertz CT molecular complexity index is 381. The summed E-state index contributed by atoms with van der Waals surface area (Å²) in [5.74, 6) is 1.82. The van der Waals surface area contributed by atoms with Crippen molar-refractivity contribution in [3.8, 4) is 17.2 Å². The number of benzene rings is 1. The topological polar surface area (TPSA) is 53.7 Å². The largest absolute Gasteiger partial charge is 0.495 e. The lowest BCUT2D eigenvalue weighted by atomic mass is 10.1. The van der Waals surface area contributed by atoms with Crippen LogP contribution in [0.4, 0.5) is 0 Å². The SMILES string of the molecule is COc1c(CCN)cc2c(c1Cl)OCO2. The standard InChI is InChI=1S/C10H12ClNO3/c1-13-9-6(2-3-12)4-7-10(8(9)11)15-5-14-7/h4H,2-3,5,12H2,1H3. The second-order valence-electron chi connectivity index (χ2n) is 3.16. The van der Waals surface area contributed by atoms with Crippen molar-refractivity contribution >= 4 is 11.6 Å². The van der Waals surface area contributed by atoms with Crippen molar-refractivity contribution in [2.45, 2.75) is 6.42 Å². The maximum Gasteiger partial charge on any atom is 0.231 e. The summed E-state index contributed by atoms with van der Waals surface area (Å²) in [4.78, 5) is 0. The minimum atomic E-state index is 0.199. The van der Waals surface area contributed by atoms with Gasteiger partial charge in [-0.1, -0.05) is 11.6 Å². The summed E-state index contributed by atoms with van der Waals surface area (Å²) in [5.41, 5.74) is 6.45. The fourth-order valence-corrected chi connectivity index (χ4v) is 1.94. The van der Waals surface area contributed by atoms with Gasteiger partial charge in [-0.2, -0.15) is 0 Å². The van der Waals surface area contributed by atoms with Crippen molar-refractivity contribution < 1.29 is 14.2 Å². The van der Waals surface area contributed by atoms with Gasteiger partial charge in [0.2, 0.25) is 6.79 Å². The number of nitrogens with two attached hydrogens (primary N) is 1. The van der Waals surface area contributed by atoms with Gasteiger partial charge in [0.05, 0.1) is 7.11 Å². The maximum absolute atomic E-state index is 6.12. The zero-order chi connectivity index (χ0) is 10.8. The Morgan fingerprint density at radius 2 is 2.33 bits per heavy atom. The van der Waals surface area contributed by atoms with E-state index in [1.807, 2.05) is 6.07 Å². The highest BCUT2D eigenvalue weighted by molar-refractivity contribution is 6.34. The summed E-state index contributed by atoms with van der Waals surface area (Å²) in [7, 11) is 1.57. The van der Waals surface area contributed by atoms with Crippen LogP contribution in [-0.2, 0) is 6.42 Å². The van der Waals surface area contributed by atoms with Crippen molar-refractivity contribution in [2.75, 3.05) is 20.4 Å². The third-order valence-electron chi connectivity index (χ3n) is 2.25. The number of fused-ring (bicyclic) bond motifs is 1. The van der Waals surface area contributed by atoms with Crippen LogP contribution in [0.15, 0.2) is 6.07 Å². The van der Waals surface area contributed by atoms with Crippen molar-refractivity contribution in [2.24, 2.45) is 5.73 Å². The van der Waals surface area contributed by atoms with E-state index in [0.29, 0.717) is 35.2 Å². The van der Waals surface area contributed by atoms with Crippen LogP contribution in [0.25, 0.3) is 0 Å². The summed E-state index contributed by atoms with van der Waals surface area (Å²) in [6.45, 7) is 0.733. The average Bonchev–Trinajstić information content (AvgIpc) is 2.67. The van der Waals surface area contributed by atoms with Gasteiger partial charge in [-0.05, 0) is 19.0 Å². The molecule has 1 aromatic rings. The molecule has 2 rings (SSSR count). The van der Waals surface area contributed by atoms with Crippen molar-refractivity contribution in [1.29, 1.82) is 0 Å². The normalized spacial score (nSPS) is 13.0. The van der Waals surface area contributed by atoms with Crippen LogP contribution in [-0.4, -0.2) is 20.4 Å². The second kappa shape index (κ2) is 4.16. The van der Waals surface area contributed by atoms with Crippen LogP contribution in [0.5, 0.6) is 17.2 Å². The number of methoxy groups -OCH3 is 1. The van der Waals surface area contributed by atoms with Crippen molar-refractivity contribution in [3.63, 3.8) is 0 Å². The predicted octanol–water partition coefficient (Wildman–Crippen LogP) is 1.58. The third kappa shape index (κ3) is 1.70. The highest BCUT2D eigenvalue weighted by Gasteiger charge is 2.23. The van der Waals surface area contributed by atoms with Gasteiger partial charge in [0.25, 0.3) is 0 Å². The van der Waals surface area contributed by atoms with Gasteiger partial charge in [-0.15, -0.1) is 0 Å². The molecule has 2 N–H and O–H groups in total. The van der Waals surface area contributed by atoms with Gasteiger partial charge in [0.15, 0.2) is 11.5 Å². The Morgan fingerprint density at radius 3 is 3.00 bits per heavy atom. The molecule has 0 bridgehead atoms. The Morgan fingerprint density at radius 1 is 1.53 bits per heavy atom. The Balaban J connectivity index is 2.51. The zero-order valence-corrected chi connectivity index (χ0v) is 9.13. The van der Waals surface area contributed by atoms with Gasteiger partial charge in [-0.25, -0.2) is 0 Å². The minimum absolute atomic E-state index is 0.199. The average molecular weight is 230 g/mol. The first-order valence-corrected chi connectivity index (χ1v) is 5.00. The lowest BCUT2D eigenvalue weighted by Gasteiger charge is -2.11. The minimum Gasteiger partial charge on any atom is -0.495 e. The van der Waals surface area contributed by atoms with E-state index < -0.39 is 0 Å². The molecule has 1 aliphatic rings. The summed E-state index contributed by atoms with van der Waals surface area (Å²) < 4.78 is 15.7. The van der Waals surface area contributed by atoms with E-state index in [-0.39, 0.29) is 6.79 Å². The molecule has 82 valence electrons. The Labute approximate surface area is 92.9 Å². The quantitative estimate of drug-likeness (QED) is 0.855. The van der Waals surface area contributed by atoms with Crippen LogP contribution < -0.4 is 19.9 Å². The van der Waals surface area contributed by atoms with Gasteiger partial charge >= 0.3 is 0 Å². The zero-order valence-electron chi connectivity index (χ0n) is 8.38. The van der Waals surface area contributed by atoms with E-state index in [0.717, 1.165) is 5.56 Å². The highest BCUT2D eigenvalue weighted by Crippen LogP contribution is 2.46. The van der Waals surface area contributed by atoms with Gasteiger partial charge in [0, 0.05) is 5.56 Å². The summed E-state index contributed by atoms with van der Waals surface area (Å²) in [5, 5.41) is 0.455. The van der Waals surface area contributed by atoms with E-state index in [1.165, 1.54) is 0 Å². The molecular formula is C10H12ClNO3. The smallest absolute Gasteiger partial charge is 0.231 e. The highest BCUT2D eigenvalue weighted by atomic mass is 35.5. The van der Waals surface area contributed by atoms with E-state index in [4.69, 9.17) is 31.5 Å². The van der Waals surface area contributed by atoms with Crippen molar-refractivity contribution in [3.05, 3.63) is 16.7 Å². The molecule has 0 aliphatic carbocycles. The summed E-state index contributed by atoms with van der Waals surface area (Å²) in [6, 6.07) is 1.86. The lowest BCUT2D eigenvalue weighted by Crippen LogP contribution is -2.04. The molecule has 1 aromatic carbocycles. The van der Waals surface area contributed by atoms with Crippen LogP contribution >= 0.6 is 11.6 Å². The van der Waals surface area contributed by atoms with E-state index in [2.05, 4.69) is 0 Å². The van der Waals surface area contributed by atoms with Crippen LogP contribution in [0, 0.1) is 0 Å². The molecule has 0 saturated carbocycles. The number of hydrogen-bond donors (Lipinski definition) is 1. The van der Waals surface area contributed by atoms with Crippen LogP contribution in [0.1, 0.15) is 5.56 Å². The Hall–Kier alpha value is -1.13. The van der Waals surface area contributed by atoms with Crippen molar-refractivity contribution in [1.82, 2.24) is 0 Å². The number of rotatable bonds is 3. The first-order chi connectivity index (χ1) is 7.27. The first-order valence-electron chi connectivity index (χ1n) is 4.63. The molecule has 0 radical (unpaired) electrons. The molecule has 0 amide bonds. The molecule has 0 unspecified atom stereocenters. The van der Waals surface area contributed by atoms with Gasteiger partial charge in [0.1, 0.15) is 10.8 Å². The third-order valence-corrected chi connectivity index (χ3v) is 2.60. The molecule has 0 aromatic heterocycles. The molecule has 0 spiro atoms. The lowest BCUT2D eigenvalue weighted by molar-refractivity contribution is 0.174. The molecule has 5 heteroatoms. The molecule has 1 aliphatic heterocycles. The molecule has 15 heavy (non-hydrogen) atoms. The second-order valence-corrected chi connectivity index (χ2v) is 3.53. The Kier molecular flexibility index (Phi) is 2.88.